The van der Waals surface area contributed by atoms with E-state index in [2.05, 4.69) is 20.9 Å². The molecule has 0 saturated carbocycles. The van der Waals surface area contributed by atoms with Crippen LogP contribution >= 0.6 is 27.5 Å². The Labute approximate surface area is 168 Å². The molecule has 0 saturated heterocycles. The van der Waals surface area contributed by atoms with E-state index in [0.717, 1.165) is 0 Å². The minimum absolute atomic E-state index is 0.124. The van der Waals surface area contributed by atoms with E-state index in [4.69, 9.17) is 25.8 Å². The van der Waals surface area contributed by atoms with Gasteiger partial charge >= 0.3 is 11.9 Å². The quantitative estimate of drug-likeness (QED) is 0.393. The molecular weight excluding hydrogens is 438 g/mol. The second-order valence-electron chi connectivity index (χ2n) is 5.47. The molecule has 6 nitrogen and oxygen atoms in total. The summed E-state index contributed by atoms with van der Waals surface area (Å²) < 4.78 is 16.1. The van der Waals surface area contributed by atoms with Gasteiger partial charge in [-0.25, -0.2) is 9.79 Å². The van der Waals surface area contributed by atoms with Crippen LogP contribution in [-0.4, -0.2) is 24.9 Å². The van der Waals surface area contributed by atoms with Gasteiger partial charge in [0.25, 0.3) is 0 Å². The number of hydrogen-bond acceptors (Lipinski definition) is 6. The van der Waals surface area contributed by atoms with Crippen LogP contribution in [0.5, 0.6) is 11.5 Å². The first-order chi connectivity index (χ1) is 12.9. The van der Waals surface area contributed by atoms with Crippen molar-refractivity contribution in [1.82, 2.24) is 0 Å². The predicted octanol–water partition coefficient (Wildman–Crippen LogP) is 4.38. The Bertz CT molecular complexity index is 1000. The Hall–Kier alpha value is -2.64. The van der Waals surface area contributed by atoms with Crippen molar-refractivity contribution in [3.05, 3.63) is 62.7 Å². The van der Waals surface area contributed by atoms with Crippen LogP contribution in [0.3, 0.4) is 0 Å². The standard InChI is InChI=1S/C19H13BrClNO5/c1-10(23)26-17-14(20)6-11(8-16(17)25-2)7-15-19(24)27-18(22-15)12-4-3-5-13(21)9-12/h3-9H,1-2H3. The Morgan fingerprint density at radius 2 is 2.07 bits per heavy atom. The van der Waals surface area contributed by atoms with Gasteiger partial charge in [-0.15, -0.1) is 0 Å². The molecule has 0 bridgehead atoms. The summed E-state index contributed by atoms with van der Waals surface area (Å²) in [6.45, 7) is 1.29. The number of methoxy groups -OCH3 is 1. The molecule has 0 aliphatic carbocycles. The topological polar surface area (TPSA) is 74.2 Å². The van der Waals surface area contributed by atoms with Gasteiger partial charge in [0.05, 0.1) is 11.6 Å². The van der Waals surface area contributed by atoms with E-state index >= 15 is 0 Å². The number of carbonyl (C=O) groups excluding carboxylic acids is 2. The van der Waals surface area contributed by atoms with Crippen LogP contribution in [0.2, 0.25) is 5.02 Å². The van der Waals surface area contributed by atoms with E-state index in [9.17, 15) is 9.59 Å². The van der Waals surface area contributed by atoms with Crippen LogP contribution in [0.4, 0.5) is 0 Å². The maximum atomic E-state index is 12.1. The molecule has 3 rings (SSSR count). The molecule has 0 amide bonds. The zero-order chi connectivity index (χ0) is 19.6. The second-order valence-corrected chi connectivity index (χ2v) is 6.76. The number of cyclic esters (lactones) is 1. The SMILES string of the molecule is COc1cc(C=C2N=C(c3cccc(Cl)c3)OC2=O)cc(Br)c1OC(C)=O. The summed E-state index contributed by atoms with van der Waals surface area (Å²) in [6, 6.07) is 10.2. The highest BCUT2D eigenvalue weighted by atomic mass is 79.9. The van der Waals surface area contributed by atoms with Crippen LogP contribution < -0.4 is 9.47 Å². The molecule has 1 aliphatic rings. The fourth-order valence-electron chi connectivity index (χ4n) is 2.38. The summed E-state index contributed by atoms with van der Waals surface area (Å²) in [6.07, 6.45) is 1.55. The van der Waals surface area contributed by atoms with Gasteiger partial charge in [0.15, 0.2) is 17.2 Å². The zero-order valence-corrected chi connectivity index (χ0v) is 16.6. The molecular formula is C19H13BrClNO5. The van der Waals surface area contributed by atoms with Crippen molar-refractivity contribution in [3.63, 3.8) is 0 Å². The van der Waals surface area contributed by atoms with Crippen molar-refractivity contribution >= 4 is 51.4 Å². The third-order valence-corrected chi connectivity index (χ3v) is 4.32. The molecule has 0 aromatic heterocycles. The molecule has 0 spiro atoms. The summed E-state index contributed by atoms with van der Waals surface area (Å²) in [5.74, 6) is -0.295. The van der Waals surface area contributed by atoms with E-state index in [0.29, 0.717) is 26.4 Å². The maximum absolute atomic E-state index is 12.1. The number of carbonyl (C=O) groups is 2. The van der Waals surface area contributed by atoms with Gasteiger partial charge in [-0.3, -0.25) is 4.79 Å². The van der Waals surface area contributed by atoms with Crippen LogP contribution in [0.15, 0.2) is 51.6 Å². The smallest absolute Gasteiger partial charge is 0.363 e. The van der Waals surface area contributed by atoms with E-state index in [1.807, 2.05) is 0 Å². The molecule has 138 valence electrons. The van der Waals surface area contributed by atoms with E-state index in [1.165, 1.54) is 14.0 Å². The van der Waals surface area contributed by atoms with Crippen molar-refractivity contribution in [2.45, 2.75) is 6.92 Å². The first-order valence-corrected chi connectivity index (χ1v) is 8.89. The second kappa shape index (κ2) is 7.94. The van der Waals surface area contributed by atoms with E-state index in [-0.39, 0.29) is 17.3 Å². The lowest BCUT2D eigenvalue weighted by molar-refractivity contribution is -0.132. The summed E-state index contributed by atoms with van der Waals surface area (Å²) in [5.41, 5.74) is 1.33. The first-order valence-electron chi connectivity index (χ1n) is 7.72. The van der Waals surface area contributed by atoms with Crippen molar-refractivity contribution in [2.24, 2.45) is 4.99 Å². The lowest BCUT2D eigenvalue weighted by Gasteiger charge is -2.11. The minimum atomic E-state index is -0.580. The Morgan fingerprint density at radius 3 is 2.74 bits per heavy atom. The van der Waals surface area contributed by atoms with E-state index < -0.39 is 11.9 Å². The van der Waals surface area contributed by atoms with Gasteiger partial charge in [0, 0.05) is 17.5 Å². The molecule has 1 heterocycles. The number of hydrogen-bond donors (Lipinski definition) is 0. The van der Waals surface area contributed by atoms with Gasteiger partial charge in [0.1, 0.15) is 0 Å². The lowest BCUT2D eigenvalue weighted by atomic mass is 10.1. The molecule has 2 aromatic carbocycles. The number of ether oxygens (including phenoxy) is 3. The van der Waals surface area contributed by atoms with Gasteiger partial charge in [0.2, 0.25) is 5.90 Å². The van der Waals surface area contributed by atoms with Gasteiger partial charge in [-0.1, -0.05) is 17.7 Å². The van der Waals surface area contributed by atoms with Crippen LogP contribution in [0.1, 0.15) is 18.1 Å². The highest BCUT2D eigenvalue weighted by Crippen LogP contribution is 2.37. The molecule has 1 aliphatic heterocycles. The monoisotopic (exact) mass is 449 g/mol. The molecule has 0 unspecified atom stereocenters. The van der Waals surface area contributed by atoms with Crippen LogP contribution in [0, 0.1) is 0 Å². The van der Waals surface area contributed by atoms with E-state index in [1.54, 1.807) is 42.5 Å². The molecule has 27 heavy (non-hydrogen) atoms. The number of benzene rings is 2. The molecule has 0 N–H and O–H groups in total. The number of nitrogens with zero attached hydrogens (tertiary/aromatic N) is 1. The molecule has 0 fully saturated rings. The zero-order valence-electron chi connectivity index (χ0n) is 14.3. The Kier molecular flexibility index (Phi) is 5.62. The number of halogens is 2. The van der Waals surface area contributed by atoms with Crippen molar-refractivity contribution < 1.29 is 23.8 Å². The first kappa shape index (κ1) is 19.1. The van der Waals surface area contributed by atoms with Crippen molar-refractivity contribution in [2.75, 3.05) is 7.11 Å². The molecule has 0 atom stereocenters. The summed E-state index contributed by atoms with van der Waals surface area (Å²) >= 11 is 9.30. The maximum Gasteiger partial charge on any atom is 0.363 e. The van der Waals surface area contributed by atoms with Crippen molar-refractivity contribution in [1.29, 1.82) is 0 Å². The van der Waals surface area contributed by atoms with Crippen LogP contribution in [0.25, 0.3) is 6.08 Å². The highest BCUT2D eigenvalue weighted by Gasteiger charge is 2.24. The Morgan fingerprint density at radius 1 is 1.30 bits per heavy atom. The third kappa shape index (κ3) is 4.37. The third-order valence-electron chi connectivity index (χ3n) is 3.49. The summed E-state index contributed by atoms with van der Waals surface area (Å²) in [4.78, 5) is 27.6. The average molecular weight is 451 g/mol. The highest BCUT2D eigenvalue weighted by molar-refractivity contribution is 9.10. The number of aliphatic imine (C=N–C) groups is 1. The van der Waals surface area contributed by atoms with Gasteiger partial charge in [-0.05, 0) is 57.9 Å². The number of esters is 2. The lowest BCUT2D eigenvalue weighted by Crippen LogP contribution is -2.05. The van der Waals surface area contributed by atoms with Gasteiger partial charge in [-0.2, -0.15) is 0 Å². The fraction of sp³-hybridized carbons (Fsp3) is 0.105. The molecule has 0 radical (unpaired) electrons. The van der Waals surface area contributed by atoms with Crippen molar-refractivity contribution in [3.8, 4) is 11.5 Å². The predicted molar refractivity (Wildman–Crippen MR) is 104 cm³/mol. The number of rotatable bonds is 4. The molecule has 2 aromatic rings. The summed E-state index contributed by atoms with van der Waals surface area (Å²) in [7, 11) is 1.45. The fourth-order valence-corrected chi connectivity index (χ4v) is 3.11. The summed E-state index contributed by atoms with van der Waals surface area (Å²) in [5, 5.41) is 0.512. The van der Waals surface area contributed by atoms with Gasteiger partial charge < -0.3 is 14.2 Å². The molecule has 8 heteroatoms. The minimum Gasteiger partial charge on any atom is -0.493 e. The average Bonchev–Trinajstić information content (AvgIpc) is 2.97. The Balaban J connectivity index is 1.97. The largest absolute Gasteiger partial charge is 0.493 e. The van der Waals surface area contributed by atoms with Crippen LogP contribution in [-0.2, 0) is 14.3 Å². The normalized spacial score (nSPS) is 14.7.